The fourth-order valence-electron chi connectivity index (χ4n) is 8.28. The van der Waals surface area contributed by atoms with E-state index in [0.29, 0.717) is 43.2 Å². The monoisotopic (exact) mass is 833 g/mol. The highest BCUT2D eigenvalue weighted by molar-refractivity contribution is 7.90. The first kappa shape index (κ1) is 43.4. The van der Waals surface area contributed by atoms with E-state index in [9.17, 15) is 40.8 Å². The number of benzene rings is 1. The number of carbonyl (C=O) groups excluding carboxylic acids is 4. The van der Waals surface area contributed by atoms with Gasteiger partial charge in [0.25, 0.3) is 0 Å². The molecule has 0 unspecified atom stereocenters. The van der Waals surface area contributed by atoms with Crippen molar-refractivity contribution in [2.75, 3.05) is 6.54 Å². The zero-order chi connectivity index (χ0) is 42.4. The molecule has 0 radical (unpaired) electrons. The SMILES string of the molecule is CC(C)Oc1ccc2c(O[C@@H]3C[C@H]4C(=O)C[C@]5(C(=O)NS(=O)(=O)C6CC6)C[C@H]5/C=C\CC[C@H](C)C[C@@H](C)[C@H](CC(=O)OC(C)(C)C(F)(F)F)C(=O)N4C3)nccc2c1. The summed E-state index contributed by atoms with van der Waals surface area (Å²) >= 11 is 0. The van der Waals surface area contributed by atoms with Gasteiger partial charge < -0.3 is 19.1 Å². The number of hydrogen-bond donors (Lipinski definition) is 1. The van der Waals surface area contributed by atoms with Gasteiger partial charge in [-0.1, -0.05) is 26.0 Å². The number of ether oxygens (including phenoxy) is 3. The molecule has 12 nitrogen and oxygen atoms in total. The number of rotatable bonds is 10. The van der Waals surface area contributed by atoms with Crippen molar-refractivity contribution in [3.05, 3.63) is 42.6 Å². The zero-order valence-electron chi connectivity index (χ0n) is 33.8. The summed E-state index contributed by atoms with van der Waals surface area (Å²) in [6.45, 7) is 8.93. The summed E-state index contributed by atoms with van der Waals surface area (Å²) in [6.07, 6.45) is 1.42. The molecule has 2 aromatic rings. The number of nitrogens with one attached hydrogen (secondary N) is 1. The minimum atomic E-state index is -4.86. The Kier molecular flexibility index (Phi) is 12.3. The number of Topliss-reactive ketones (excluding diaryl/α,β-unsaturated/α-hetero) is 1. The molecule has 16 heteroatoms. The Morgan fingerprint density at radius 3 is 2.47 bits per heavy atom. The van der Waals surface area contributed by atoms with E-state index in [1.165, 1.54) is 4.90 Å². The number of halogens is 3. The number of ketones is 1. The first-order valence-electron chi connectivity index (χ1n) is 20.2. The molecule has 2 saturated carbocycles. The van der Waals surface area contributed by atoms with Gasteiger partial charge in [-0.3, -0.25) is 23.9 Å². The maximum Gasteiger partial charge on any atom is 0.427 e. The van der Waals surface area contributed by atoms with Crippen LogP contribution in [0.4, 0.5) is 13.2 Å². The molecule has 2 amide bonds. The lowest BCUT2D eigenvalue weighted by atomic mass is 9.82. The standard InChI is InChI=1S/C42H54F3N3O9S/c1-24(2)55-29-11-14-32-27(18-29)15-16-46-37(32)56-30-19-34-35(49)22-41(39(52)47-58(53,54)31-12-13-31)21-28(41)10-8-7-9-25(3)17-26(4)33(38(51)48(34)23-30)20-36(50)57-40(5,6)42(43,44)45/h8,10-11,14-16,18,24-26,28,30-31,33-34H,7,9,12-13,17,19-23H2,1-6H3,(H,47,52)/b10-8-/t25-,26+,28+,30+,33-,34-,41+/m0/s1. The largest absolute Gasteiger partial charge is 0.491 e. The molecular formula is C42H54F3N3O9S. The molecule has 1 aromatic heterocycles. The van der Waals surface area contributed by atoms with Crippen molar-refractivity contribution in [3.8, 4) is 11.6 Å². The topological polar surface area (TPSA) is 158 Å². The third kappa shape index (κ3) is 9.63. The second-order valence-corrected chi connectivity index (χ2v) is 19.5. The molecule has 4 aliphatic rings. The highest BCUT2D eigenvalue weighted by atomic mass is 32.2. The van der Waals surface area contributed by atoms with Gasteiger partial charge in [0.1, 0.15) is 11.9 Å². The molecule has 1 saturated heterocycles. The van der Waals surface area contributed by atoms with E-state index < -0.39 is 92.4 Å². The van der Waals surface area contributed by atoms with E-state index in [4.69, 9.17) is 14.2 Å². The zero-order valence-corrected chi connectivity index (χ0v) is 34.7. The highest BCUT2D eigenvalue weighted by Crippen LogP contribution is 2.57. The second-order valence-electron chi connectivity index (χ2n) is 17.5. The van der Waals surface area contributed by atoms with Crippen molar-refractivity contribution in [2.24, 2.45) is 29.1 Å². The average Bonchev–Trinajstić information content (AvgIpc) is 4.04. The predicted octanol–water partition coefficient (Wildman–Crippen LogP) is 6.85. The van der Waals surface area contributed by atoms with Crippen LogP contribution in [-0.2, 0) is 33.9 Å². The van der Waals surface area contributed by atoms with Crippen LogP contribution in [-0.4, -0.2) is 83.7 Å². The lowest BCUT2D eigenvalue weighted by molar-refractivity contribution is -0.257. The molecule has 7 atom stereocenters. The molecule has 1 N–H and O–H groups in total. The highest BCUT2D eigenvalue weighted by Gasteiger charge is 2.62. The van der Waals surface area contributed by atoms with Gasteiger partial charge in [-0.05, 0) is 114 Å². The van der Waals surface area contributed by atoms with Crippen LogP contribution < -0.4 is 14.2 Å². The van der Waals surface area contributed by atoms with E-state index in [1.54, 1.807) is 31.3 Å². The lowest BCUT2D eigenvalue weighted by Gasteiger charge is -2.33. The summed E-state index contributed by atoms with van der Waals surface area (Å²) in [5.41, 5.74) is -4.17. The Bertz CT molecular complexity index is 2050. The Morgan fingerprint density at radius 2 is 1.79 bits per heavy atom. The Hall–Kier alpha value is -4.21. The Labute approximate surface area is 337 Å². The molecule has 2 aliphatic carbocycles. The summed E-state index contributed by atoms with van der Waals surface area (Å²) in [5, 5.41) is 0.759. The number of pyridine rings is 1. The van der Waals surface area contributed by atoms with E-state index >= 15 is 0 Å². The summed E-state index contributed by atoms with van der Waals surface area (Å²) in [7, 11) is -3.93. The molecule has 6 rings (SSSR count). The number of esters is 1. The molecule has 0 spiro atoms. The maximum atomic E-state index is 14.8. The summed E-state index contributed by atoms with van der Waals surface area (Å²) in [4.78, 5) is 62.3. The van der Waals surface area contributed by atoms with Crippen molar-refractivity contribution in [1.29, 1.82) is 0 Å². The molecule has 3 fully saturated rings. The summed E-state index contributed by atoms with van der Waals surface area (Å²) in [5.74, 6) is -4.24. The third-order valence-corrected chi connectivity index (χ3v) is 13.8. The maximum absolute atomic E-state index is 14.8. The number of fused-ring (bicyclic) bond motifs is 3. The number of nitrogens with zero attached hydrogens (tertiary/aromatic N) is 2. The molecule has 318 valence electrons. The molecule has 0 bridgehead atoms. The lowest BCUT2D eigenvalue weighted by Crippen LogP contribution is -2.48. The average molecular weight is 834 g/mol. The second kappa shape index (κ2) is 16.4. The molecule has 58 heavy (non-hydrogen) atoms. The summed E-state index contributed by atoms with van der Waals surface area (Å²) in [6, 6.07) is 6.06. The van der Waals surface area contributed by atoms with Crippen LogP contribution in [0, 0.1) is 29.1 Å². The minimum absolute atomic E-state index is 0.0151. The van der Waals surface area contributed by atoms with Crippen molar-refractivity contribution >= 4 is 44.4 Å². The van der Waals surface area contributed by atoms with Gasteiger partial charge in [0.2, 0.25) is 33.3 Å². The van der Waals surface area contributed by atoms with E-state index in [0.717, 1.165) is 19.2 Å². The number of aromatic nitrogens is 1. The van der Waals surface area contributed by atoms with Crippen molar-refractivity contribution in [3.63, 3.8) is 0 Å². The van der Waals surface area contributed by atoms with Gasteiger partial charge in [-0.2, -0.15) is 13.2 Å². The van der Waals surface area contributed by atoms with E-state index in [-0.39, 0.29) is 43.7 Å². The van der Waals surface area contributed by atoms with Crippen LogP contribution in [0.15, 0.2) is 42.6 Å². The normalized spacial score (nSPS) is 29.2. The smallest absolute Gasteiger partial charge is 0.427 e. The number of allylic oxidation sites excluding steroid dienone is 2. The number of carbonyl (C=O) groups is 4. The van der Waals surface area contributed by atoms with Gasteiger partial charge in [0.05, 0.1) is 41.7 Å². The predicted molar refractivity (Wildman–Crippen MR) is 208 cm³/mol. The summed E-state index contributed by atoms with van der Waals surface area (Å²) < 4.78 is 86.6. The number of sulfonamides is 1. The molecule has 2 aliphatic heterocycles. The van der Waals surface area contributed by atoms with Gasteiger partial charge >= 0.3 is 12.1 Å². The van der Waals surface area contributed by atoms with Crippen LogP contribution in [0.5, 0.6) is 11.6 Å². The van der Waals surface area contributed by atoms with E-state index in [2.05, 4.69) is 9.71 Å². The van der Waals surface area contributed by atoms with Crippen molar-refractivity contribution in [2.45, 2.75) is 135 Å². The fourth-order valence-corrected chi connectivity index (χ4v) is 9.66. The van der Waals surface area contributed by atoms with Gasteiger partial charge in [-0.15, -0.1) is 0 Å². The molecule has 1 aromatic carbocycles. The van der Waals surface area contributed by atoms with Crippen molar-refractivity contribution in [1.82, 2.24) is 14.6 Å². The van der Waals surface area contributed by atoms with Crippen LogP contribution >= 0.6 is 0 Å². The van der Waals surface area contributed by atoms with Crippen LogP contribution in [0.3, 0.4) is 0 Å². The van der Waals surface area contributed by atoms with Crippen molar-refractivity contribution < 1.29 is 55.0 Å². The third-order valence-electron chi connectivity index (χ3n) is 12.0. The quantitative estimate of drug-likeness (QED) is 0.198. The first-order valence-corrected chi connectivity index (χ1v) is 21.7. The van der Waals surface area contributed by atoms with Gasteiger partial charge in [0.15, 0.2) is 5.78 Å². The Balaban J connectivity index is 1.34. The fraction of sp³-hybridized carbons (Fsp3) is 0.643. The number of amides is 2. The minimum Gasteiger partial charge on any atom is -0.491 e. The number of alkyl halides is 3. The van der Waals surface area contributed by atoms with Crippen LogP contribution in [0.1, 0.15) is 99.3 Å². The van der Waals surface area contributed by atoms with Crippen LogP contribution in [0.25, 0.3) is 10.8 Å². The Morgan fingerprint density at radius 1 is 1.07 bits per heavy atom. The van der Waals surface area contributed by atoms with Crippen LogP contribution in [0.2, 0.25) is 0 Å². The molecule has 3 heterocycles. The van der Waals surface area contributed by atoms with E-state index in [1.807, 2.05) is 39.0 Å². The number of hydrogen-bond acceptors (Lipinski definition) is 10. The first-order chi connectivity index (χ1) is 27.1. The van der Waals surface area contributed by atoms with Gasteiger partial charge in [0, 0.05) is 24.4 Å². The molecular weight excluding hydrogens is 780 g/mol. The van der Waals surface area contributed by atoms with Gasteiger partial charge in [-0.25, -0.2) is 13.4 Å².